The standard InChI is InChI=1S/C18H25NO4.K.H/c1-13(11-14-5-3-2-4-6-14)23-18(22)19-12-15-7-9-16(10-8-15)17(20)21;;/h2-6,13,15-16H,7-12H2,1H3,(H,19,22)(H,20,21);;. The van der Waals surface area contributed by atoms with E-state index < -0.39 is 12.1 Å². The molecule has 1 saturated carbocycles. The van der Waals surface area contributed by atoms with Gasteiger partial charge in [-0.3, -0.25) is 4.79 Å². The first-order valence-electron chi connectivity index (χ1n) is 8.25. The van der Waals surface area contributed by atoms with Crippen LogP contribution in [0.25, 0.3) is 0 Å². The van der Waals surface area contributed by atoms with Gasteiger partial charge in [0.15, 0.2) is 0 Å². The van der Waals surface area contributed by atoms with Crippen LogP contribution in [0.5, 0.6) is 0 Å². The summed E-state index contributed by atoms with van der Waals surface area (Å²) in [6.45, 7) is 2.44. The number of rotatable bonds is 6. The summed E-state index contributed by atoms with van der Waals surface area (Å²) in [5.41, 5.74) is 1.14. The quantitative estimate of drug-likeness (QED) is 0.766. The summed E-state index contributed by atoms with van der Waals surface area (Å²) in [7, 11) is 0. The zero-order valence-electron chi connectivity index (χ0n) is 13.5. The second-order valence-electron chi connectivity index (χ2n) is 6.34. The van der Waals surface area contributed by atoms with Crippen LogP contribution in [0.15, 0.2) is 30.3 Å². The molecule has 0 bridgehead atoms. The Bertz CT molecular complexity index is 515. The molecule has 1 amide bonds. The summed E-state index contributed by atoms with van der Waals surface area (Å²) < 4.78 is 5.36. The molecular weight excluding hydrogens is 333 g/mol. The number of carboxylic acid groups (broad SMARTS) is 1. The molecule has 128 valence electrons. The van der Waals surface area contributed by atoms with Gasteiger partial charge in [0.2, 0.25) is 0 Å². The Hall–Kier alpha value is -0.404. The van der Waals surface area contributed by atoms with E-state index in [1.807, 2.05) is 37.3 Å². The van der Waals surface area contributed by atoms with Gasteiger partial charge in [0, 0.05) is 13.0 Å². The number of hydrogen-bond acceptors (Lipinski definition) is 3. The summed E-state index contributed by atoms with van der Waals surface area (Å²) in [5.74, 6) is -0.572. The van der Waals surface area contributed by atoms with Crippen LogP contribution in [0.1, 0.15) is 38.2 Å². The molecule has 1 aromatic rings. The van der Waals surface area contributed by atoms with E-state index in [0.29, 0.717) is 31.7 Å². The average Bonchev–Trinajstić information content (AvgIpc) is 2.54. The van der Waals surface area contributed by atoms with Crippen molar-refractivity contribution in [1.29, 1.82) is 0 Å². The van der Waals surface area contributed by atoms with E-state index in [1.165, 1.54) is 0 Å². The van der Waals surface area contributed by atoms with Crippen LogP contribution in [0, 0.1) is 11.8 Å². The maximum atomic E-state index is 11.8. The maximum absolute atomic E-state index is 11.8. The molecule has 1 aliphatic carbocycles. The Morgan fingerprint density at radius 1 is 1.21 bits per heavy atom. The molecule has 0 spiro atoms. The van der Waals surface area contributed by atoms with E-state index in [1.54, 1.807) is 0 Å². The van der Waals surface area contributed by atoms with Crippen molar-refractivity contribution in [2.24, 2.45) is 11.8 Å². The van der Waals surface area contributed by atoms with E-state index in [4.69, 9.17) is 9.84 Å². The van der Waals surface area contributed by atoms with E-state index in [9.17, 15) is 9.59 Å². The molecule has 5 nitrogen and oxygen atoms in total. The van der Waals surface area contributed by atoms with Crippen LogP contribution in [-0.4, -0.2) is 81.2 Å². The number of aliphatic carboxylic acids is 1. The topological polar surface area (TPSA) is 75.6 Å². The van der Waals surface area contributed by atoms with Crippen molar-refractivity contribution in [2.75, 3.05) is 6.54 Å². The van der Waals surface area contributed by atoms with Gasteiger partial charge in [-0.15, -0.1) is 0 Å². The summed E-state index contributed by atoms with van der Waals surface area (Å²) in [6, 6.07) is 9.92. The first-order chi connectivity index (χ1) is 11.0. The number of amides is 1. The van der Waals surface area contributed by atoms with Crippen molar-refractivity contribution in [3.05, 3.63) is 35.9 Å². The van der Waals surface area contributed by atoms with Gasteiger partial charge in [-0.25, -0.2) is 4.79 Å². The number of ether oxygens (including phenoxy) is 1. The zero-order valence-corrected chi connectivity index (χ0v) is 13.5. The molecule has 0 radical (unpaired) electrons. The Labute approximate surface area is 186 Å². The number of carbonyl (C=O) groups is 2. The fraction of sp³-hybridized carbons (Fsp3) is 0.556. The molecule has 1 aliphatic rings. The Kier molecular flexibility index (Phi) is 10.2. The molecule has 1 fully saturated rings. The Balaban J connectivity index is 0.00000288. The van der Waals surface area contributed by atoms with Crippen LogP contribution < -0.4 is 5.32 Å². The van der Waals surface area contributed by atoms with Gasteiger partial charge < -0.3 is 15.2 Å². The molecule has 2 rings (SSSR count). The summed E-state index contributed by atoms with van der Waals surface area (Å²) in [5, 5.41) is 11.8. The third-order valence-electron chi connectivity index (χ3n) is 4.41. The molecule has 0 aliphatic heterocycles. The van der Waals surface area contributed by atoms with Gasteiger partial charge in [0.25, 0.3) is 0 Å². The summed E-state index contributed by atoms with van der Waals surface area (Å²) >= 11 is 0. The van der Waals surface area contributed by atoms with Crippen molar-refractivity contribution < 1.29 is 19.4 Å². The Morgan fingerprint density at radius 2 is 1.83 bits per heavy atom. The molecule has 2 N–H and O–H groups in total. The van der Waals surface area contributed by atoms with Gasteiger partial charge in [-0.05, 0) is 44.1 Å². The summed E-state index contributed by atoms with van der Waals surface area (Å²) in [6.07, 6.45) is 3.20. The van der Waals surface area contributed by atoms with Crippen LogP contribution in [0.4, 0.5) is 4.79 Å². The minimum absolute atomic E-state index is 0. The third-order valence-corrected chi connectivity index (χ3v) is 4.41. The van der Waals surface area contributed by atoms with Gasteiger partial charge >= 0.3 is 63.4 Å². The van der Waals surface area contributed by atoms with Crippen molar-refractivity contribution in [3.63, 3.8) is 0 Å². The van der Waals surface area contributed by atoms with Crippen molar-refractivity contribution in [2.45, 2.75) is 45.1 Å². The normalized spacial score (nSPS) is 21.2. The van der Waals surface area contributed by atoms with E-state index >= 15 is 0 Å². The van der Waals surface area contributed by atoms with Gasteiger partial charge in [0.1, 0.15) is 6.10 Å². The van der Waals surface area contributed by atoms with Crippen molar-refractivity contribution in [1.82, 2.24) is 5.32 Å². The number of carboxylic acids is 1. The summed E-state index contributed by atoms with van der Waals surface area (Å²) in [4.78, 5) is 22.7. The van der Waals surface area contributed by atoms with Crippen LogP contribution in [-0.2, 0) is 16.0 Å². The molecule has 1 unspecified atom stereocenters. The number of carbonyl (C=O) groups excluding carboxylic acids is 1. The molecule has 24 heavy (non-hydrogen) atoms. The first kappa shape index (κ1) is 21.6. The number of alkyl carbamates (subject to hydrolysis) is 1. The predicted octanol–water partition coefficient (Wildman–Crippen LogP) is 2.59. The van der Waals surface area contributed by atoms with Crippen molar-refractivity contribution >= 4 is 63.4 Å². The minimum atomic E-state index is -0.703. The SMILES string of the molecule is CC(Cc1ccccc1)OC(=O)NCC1CCC(C(=O)O)CC1.[KH]. The predicted molar refractivity (Wildman–Crippen MR) is 94.3 cm³/mol. The van der Waals surface area contributed by atoms with Crippen LogP contribution >= 0.6 is 0 Å². The van der Waals surface area contributed by atoms with Crippen LogP contribution in [0.3, 0.4) is 0 Å². The molecule has 1 atom stereocenters. The number of benzene rings is 1. The van der Waals surface area contributed by atoms with Gasteiger partial charge in [0.05, 0.1) is 5.92 Å². The van der Waals surface area contributed by atoms with Gasteiger partial charge in [-0.1, -0.05) is 30.3 Å². The second kappa shape index (κ2) is 11.3. The second-order valence-corrected chi connectivity index (χ2v) is 6.34. The third kappa shape index (κ3) is 7.65. The number of nitrogens with one attached hydrogen (secondary N) is 1. The average molecular weight is 360 g/mol. The molecule has 0 heterocycles. The van der Waals surface area contributed by atoms with E-state index in [2.05, 4.69) is 5.32 Å². The molecule has 0 aromatic heterocycles. The fourth-order valence-corrected chi connectivity index (χ4v) is 3.05. The molecule has 0 saturated heterocycles. The van der Waals surface area contributed by atoms with Crippen molar-refractivity contribution in [3.8, 4) is 0 Å². The van der Waals surface area contributed by atoms with Crippen LogP contribution in [0.2, 0.25) is 0 Å². The first-order valence-corrected chi connectivity index (χ1v) is 8.25. The number of hydrogen-bond donors (Lipinski definition) is 2. The zero-order chi connectivity index (χ0) is 16.7. The molecular formula is C18H26KNO4. The monoisotopic (exact) mass is 359 g/mol. The molecule has 1 aromatic carbocycles. The van der Waals surface area contributed by atoms with E-state index in [-0.39, 0.29) is 63.4 Å². The molecule has 6 heteroatoms. The Morgan fingerprint density at radius 3 is 2.42 bits per heavy atom. The van der Waals surface area contributed by atoms with E-state index in [0.717, 1.165) is 18.4 Å². The van der Waals surface area contributed by atoms with Gasteiger partial charge in [-0.2, -0.15) is 0 Å². The fourth-order valence-electron chi connectivity index (χ4n) is 3.05.